The van der Waals surface area contributed by atoms with Crippen LogP contribution in [0.25, 0.3) is 6.08 Å². The molecule has 0 unspecified atom stereocenters. The van der Waals surface area contributed by atoms with Gasteiger partial charge in [-0.1, -0.05) is 36.4 Å². The van der Waals surface area contributed by atoms with Gasteiger partial charge in [0.15, 0.2) is 17.3 Å². The monoisotopic (exact) mass is 634 g/mol. The maximum Gasteiger partial charge on any atom is 0.283 e. The van der Waals surface area contributed by atoms with E-state index in [0.29, 0.717) is 57.3 Å². The van der Waals surface area contributed by atoms with Crippen LogP contribution in [-0.2, 0) is 4.79 Å². The van der Waals surface area contributed by atoms with Crippen molar-refractivity contribution < 1.29 is 23.7 Å². The minimum atomic E-state index is -0.517. The molecule has 0 radical (unpaired) electrons. The third kappa shape index (κ3) is 6.80. The van der Waals surface area contributed by atoms with Crippen LogP contribution in [0.1, 0.15) is 18.1 Å². The molecule has 2 heterocycles. The highest BCUT2D eigenvalue weighted by Gasteiger charge is 2.36. The van der Waals surface area contributed by atoms with E-state index in [0.717, 1.165) is 11.3 Å². The number of amides is 1. The SMILES string of the molecule is CCOc1cc(/C=C2/C(=N)N3N=C(COc4ccccc4)SC3=NC2=O)cc(Br)c1OCCOc1ccccc1C. The summed E-state index contributed by atoms with van der Waals surface area (Å²) in [7, 11) is 0. The zero-order valence-electron chi connectivity index (χ0n) is 22.4. The number of carbonyl (C=O) groups excluding carboxylic acids is 1. The number of ether oxygens (including phenoxy) is 4. The van der Waals surface area contributed by atoms with Gasteiger partial charge in [-0.05, 0) is 89.1 Å². The van der Waals surface area contributed by atoms with Crippen LogP contribution in [-0.4, -0.2) is 53.4 Å². The third-order valence-electron chi connectivity index (χ3n) is 5.93. The number of hydrogen-bond acceptors (Lipinski definition) is 8. The second-order valence-corrected chi connectivity index (χ2v) is 10.7. The van der Waals surface area contributed by atoms with E-state index in [9.17, 15) is 4.79 Å². The van der Waals surface area contributed by atoms with Gasteiger partial charge in [0, 0.05) is 0 Å². The van der Waals surface area contributed by atoms with E-state index in [4.69, 9.17) is 24.4 Å². The zero-order valence-corrected chi connectivity index (χ0v) is 24.8. The van der Waals surface area contributed by atoms with Crippen molar-refractivity contribution in [1.29, 1.82) is 5.41 Å². The average molecular weight is 636 g/mol. The minimum absolute atomic E-state index is 0.0648. The number of para-hydroxylation sites is 2. The first kappa shape index (κ1) is 28.4. The molecule has 0 saturated heterocycles. The fraction of sp³-hybridized carbons (Fsp3) is 0.200. The second kappa shape index (κ2) is 13.0. The largest absolute Gasteiger partial charge is 0.490 e. The zero-order chi connectivity index (χ0) is 28.8. The first-order valence-electron chi connectivity index (χ1n) is 12.9. The van der Waals surface area contributed by atoms with Gasteiger partial charge in [0.1, 0.15) is 36.4 Å². The number of thioether (sulfide) groups is 1. The molecule has 1 amide bonds. The van der Waals surface area contributed by atoms with E-state index in [1.54, 1.807) is 18.2 Å². The van der Waals surface area contributed by atoms with Gasteiger partial charge in [0.2, 0.25) is 5.17 Å². The molecule has 11 heteroatoms. The van der Waals surface area contributed by atoms with Crippen molar-refractivity contribution >= 4 is 55.7 Å². The number of aryl methyl sites for hydroxylation is 1. The third-order valence-corrected chi connectivity index (χ3v) is 7.40. The molecule has 9 nitrogen and oxygen atoms in total. The number of benzene rings is 3. The van der Waals surface area contributed by atoms with E-state index in [2.05, 4.69) is 26.0 Å². The van der Waals surface area contributed by atoms with Crippen LogP contribution >= 0.6 is 27.7 Å². The molecule has 210 valence electrons. The Kier molecular flexibility index (Phi) is 9.05. The number of nitrogens with zero attached hydrogens (tertiary/aromatic N) is 3. The van der Waals surface area contributed by atoms with Crippen LogP contribution in [0.5, 0.6) is 23.0 Å². The summed E-state index contributed by atoms with van der Waals surface area (Å²) in [5.74, 6) is 1.96. The van der Waals surface area contributed by atoms with Gasteiger partial charge in [-0.25, -0.2) is 0 Å². The normalized spacial score (nSPS) is 15.4. The van der Waals surface area contributed by atoms with Crippen molar-refractivity contribution in [2.75, 3.05) is 26.4 Å². The highest BCUT2D eigenvalue weighted by atomic mass is 79.9. The Morgan fingerprint density at radius 3 is 2.51 bits per heavy atom. The Morgan fingerprint density at radius 2 is 1.73 bits per heavy atom. The summed E-state index contributed by atoms with van der Waals surface area (Å²) < 4.78 is 24.1. The highest BCUT2D eigenvalue weighted by Crippen LogP contribution is 2.38. The lowest BCUT2D eigenvalue weighted by Crippen LogP contribution is -2.35. The van der Waals surface area contributed by atoms with Gasteiger partial charge in [-0.2, -0.15) is 15.1 Å². The summed E-state index contributed by atoms with van der Waals surface area (Å²) in [4.78, 5) is 17.1. The molecule has 1 N–H and O–H groups in total. The summed E-state index contributed by atoms with van der Waals surface area (Å²) in [5.41, 5.74) is 1.80. The Morgan fingerprint density at radius 1 is 0.976 bits per heavy atom. The summed E-state index contributed by atoms with van der Waals surface area (Å²) >= 11 is 4.78. The summed E-state index contributed by atoms with van der Waals surface area (Å²) in [5, 5.41) is 15.4. The number of fused-ring (bicyclic) bond motifs is 1. The van der Waals surface area contributed by atoms with Crippen LogP contribution in [0.2, 0.25) is 0 Å². The highest BCUT2D eigenvalue weighted by molar-refractivity contribution is 9.10. The van der Waals surface area contributed by atoms with Crippen molar-refractivity contribution in [1.82, 2.24) is 5.01 Å². The maximum absolute atomic E-state index is 12.9. The van der Waals surface area contributed by atoms with Gasteiger partial charge >= 0.3 is 0 Å². The van der Waals surface area contributed by atoms with Gasteiger partial charge < -0.3 is 18.9 Å². The first-order chi connectivity index (χ1) is 19.9. The molecule has 2 aliphatic rings. The predicted octanol–water partition coefficient (Wildman–Crippen LogP) is 6.31. The molecular weight excluding hydrogens is 608 g/mol. The molecule has 41 heavy (non-hydrogen) atoms. The summed E-state index contributed by atoms with van der Waals surface area (Å²) in [6.07, 6.45) is 1.60. The van der Waals surface area contributed by atoms with E-state index in [1.807, 2.05) is 68.4 Å². The molecule has 0 spiro atoms. The summed E-state index contributed by atoms with van der Waals surface area (Å²) in [6, 6.07) is 20.7. The number of carbonyl (C=O) groups is 1. The van der Waals surface area contributed by atoms with Gasteiger partial charge in [0.05, 0.1) is 16.7 Å². The second-order valence-electron chi connectivity index (χ2n) is 8.84. The quantitative estimate of drug-likeness (QED) is 0.194. The molecule has 0 atom stereocenters. The summed E-state index contributed by atoms with van der Waals surface area (Å²) in [6.45, 7) is 5.14. The fourth-order valence-corrected chi connectivity index (χ4v) is 5.38. The molecule has 5 rings (SSSR count). The smallest absolute Gasteiger partial charge is 0.283 e. The molecule has 3 aromatic rings. The Hall–Kier alpha value is -4.09. The fourth-order valence-electron chi connectivity index (χ4n) is 4.01. The van der Waals surface area contributed by atoms with E-state index in [1.165, 1.54) is 16.8 Å². The maximum atomic E-state index is 12.9. The molecule has 0 aromatic heterocycles. The predicted molar refractivity (Wildman–Crippen MR) is 164 cm³/mol. The molecule has 0 aliphatic carbocycles. The number of hydrogen-bond donors (Lipinski definition) is 1. The van der Waals surface area contributed by atoms with Crippen molar-refractivity contribution in [3.05, 3.63) is 87.9 Å². The van der Waals surface area contributed by atoms with Gasteiger partial charge in [0.25, 0.3) is 5.91 Å². The molecule has 2 aliphatic heterocycles. The molecule has 0 saturated carbocycles. The van der Waals surface area contributed by atoms with Gasteiger partial charge in [-0.3, -0.25) is 10.2 Å². The average Bonchev–Trinajstić information content (AvgIpc) is 3.38. The van der Waals surface area contributed by atoms with Crippen LogP contribution < -0.4 is 18.9 Å². The van der Waals surface area contributed by atoms with Crippen LogP contribution in [0, 0.1) is 12.3 Å². The lowest BCUT2D eigenvalue weighted by atomic mass is 10.1. The molecule has 3 aromatic carbocycles. The van der Waals surface area contributed by atoms with Crippen molar-refractivity contribution in [2.45, 2.75) is 13.8 Å². The standard InChI is InChI=1S/C30H27BrN4O5S/c1-3-37-25-17-20(16-23(31)27(25)39-14-13-38-24-12-8-7-9-19(24)2)15-22-28(32)35-30(33-29(22)36)41-26(34-35)18-40-21-10-5-4-6-11-21/h4-12,15-17,32H,3,13-14,18H2,1-2H3/b22-15-,32-28?. The first-order valence-corrected chi connectivity index (χ1v) is 14.5. The van der Waals surface area contributed by atoms with E-state index < -0.39 is 5.91 Å². The molecule has 0 bridgehead atoms. The number of nitrogens with one attached hydrogen (secondary N) is 1. The van der Waals surface area contributed by atoms with Crippen LogP contribution in [0.3, 0.4) is 0 Å². The Labute approximate surface area is 250 Å². The number of aliphatic imine (C=N–C) groups is 1. The lowest BCUT2D eigenvalue weighted by Gasteiger charge is -2.20. The van der Waals surface area contributed by atoms with Crippen LogP contribution in [0.4, 0.5) is 0 Å². The van der Waals surface area contributed by atoms with Crippen molar-refractivity contribution in [3.63, 3.8) is 0 Å². The van der Waals surface area contributed by atoms with Crippen molar-refractivity contribution in [2.24, 2.45) is 10.1 Å². The van der Waals surface area contributed by atoms with E-state index >= 15 is 0 Å². The van der Waals surface area contributed by atoms with Crippen molar-refractivity contribution in [3.8, 4) is 23.0 Å². The number of amidine groups is 2. The van der Waals surface area contributed by atoms with Crippen LogP contribution in [0.15, 0.2) is 86.9 Å². The Balaban J connectivity index is 1.29. The number of rotatable bonds is 11. The Bertz CT molecular complexity index is 1560. The van der Waals surface area contributed by atoms with Gasteiger partial charge in [-0.15, -0.1) is 0 Å². The minimum Gasteiger partial charge on any atom is -0.490 e. The molecular formula is C30H27BrN4O5S. The number of halogens is 1. The topological polar surface area (TPSA) is 106 Å². The lowest BCUT2D eigenvalue weighted by molar-refractivity contribution is -0.114. The van der Waals surface area contributed by atoms with E-state index in [-0.39, 0.29) is 18.0 Å². The molecule has 0 fully saturated rings. The number of hydrazone groups is 1.